The second-order valence-electron chi connectivity index (χ2n) is 3.94. The number of primary amides is 1. The summed E-state index contributed by atoms with van der Waals surface area (Å²) in [6.07, 6.45) is 0. The van der Waals surface area contributed by atoms with E-state index in [9.17, 15) is 4.79 Å². The van der Waals surface area contributed by atoms with Gasteiger partial charge in [0.25, 0.3) is 0 Å². The van der Waals surface area contributed by atoms with Crippen molar-refractivity contribution < 1.29 is 9.53 Å². The summed E-state index contributed by atoms with van der Waals surface area (Å²) in [4.78, 5) is 11.3. The molecule has 4 heteroatoms. The number of ether oxygens (including phenoxy) is 1. The number of carbonyl (C=O) groups excluding carboxylic acids is 1. The summed E-state index contributed by atoms with van der Waals surface area (Å²) in [5, 5.41) is 0.926. The molecule has 0 aliphatic carbocycles. The fourth-order valence-corrected chi connectivity index (χ4v) is 2.27. The van der Waals surface area contributed by atoms with E-state index in [1.165, 1.54) is 0 Å². The molecule has 16 heavy (non-hydrogen) atoms. The molecule has 0 radical (unpaired) electrons. The van der Waals surface area contributed by atoms with Crippen LogP contribution in [-0.2, 0) is 17.9 Å². The average Bonchev–Trinajstić information content (AvgIpc) is 2.67. The molecule has 2 N–H and O–H groups in total. The molecule has 1 aromatic carbocycles. The minimum Gasteiger partial charge on any atom is -0.373 e. The minimum absolute atomic E-state index is 0.380. The van der Waals surface area contributed by atoms with Crippen LogP contribution < -0.4 is 5.73 Å². The summed E-state index contributed by atoms with van der Waals surface area (Å²) in [6.45, 7) is 2.16. The van der Waals surface area contributed by atoms with Crippen molar-refractivity contribution in [1.29, 1.82) is 0 Å². The van der Waals surface area contributed by atoms with Gasteiger partial charge >= 0.3 is 0 Å². The summed E-state index contributed by atoms with van der Waals surface area (Å²) in [5.41, 5.74) is 8.11. The van der Waals surface area contributed by atoms with Crippen molar-refractivity contribution in [3.8, 4) is 0 Å². The Morgan fingerprint density at radius 2 is 2.31 bits per heavy atom. The molecule has 0 saturated carbocycles. The van der Waals surface area contributed by atoms with Gasteiger partial charge in [-0.25, -0.2) is 0 Å². The van der Waals surface area contributed by atoms with Crippen molar-refractivity contribution in [2.75, 3.05) is 6.61 Å². The highest BCUT2D eigenvalue weighted by molar-refractivity contribution is 6.06. The Balaban J connectivity index is 2.33. The number of hydrogen-bond acceptors (Lipinski definition) is 2. The Labute approximate surface area is 92.6 Å². The number of fused-ring (bicyclic) bond motifs is 3. The average molecular weight is 216 g/mol. The molecule has 1 amide bonds. The van der Waals surface area contributed by atoms with Gasteiger partial charge in [-0.05, 0) is 18.2 Å². The number of aromatic nitrogens is 1. The summed E-state index contributed by atoms with van der Waals surface area (Å²) in [6, 6.07) is 7.63. The SMILES string of the molecule is NC(=O)c1cccc2c1cc1n2CCOC1. The van der Waals surface area contributed by atoms with Crippen molar-refractivity contribution in [3.05, 3.63) is 35.5 Å². The first-order valence-corrected chi connectivity index (χ1v) is 5.26. The van der Waals surface area contributed by atoms with Crippen LogP contribution in [0.25, 0.3) is 10.9 Å². The minimum atomic E-state index is -0.380. The van der Waals surface area contributed by atoms with Gasteiger partial charge in [0.15, 0.2) is 0 Å². The van der Waals surface area contributed by atoms with Crippen molar-refractivity contribution in [1.82, 2.24) is 4.57 Å². The van der Waals surface area contributed by atoms with Gasteiger partial charge in [-0.15, -0.1) is 0 Å². The largest absolute Gasteiger partial charge is 0.373 e. The van der Waals surface area contributed by atoms with E-state index in [1.807, 2.05) is 18.2 Å². The summed E-state index contributed by atoms with van der Waals surface area (Å²) >= 11 is 0. The van der Waals surface area contributed by atoms with Crippen LogP contribution in [-0.4, -0.2) is 17.1 Å². The molecule has 4 nitrogen and oxygen atoms in total. The molecule has 0 atom stereocenters. The van der Waals surface area contributed by atoms with Crippen LogP contribution in [0.2, 0.25) is 0 Å². The number of benzene rings is 1. The lowest BCUT2D eigenvalue weighted by atomic mass is 10.1. The summed E-state index contributed by atoms with van der Waals surface area (Å²) < 4.78 is 7.57. The van der Waals surface area contributed by atoms with Gasteiger partial charge in [0.2, 0.25) is 5.91 Å². The van der Waals surface area contributed by atoms with Crippen molar-refractivity contribution in [3.63, 3.8) is 0 Å². The molecule has 0 spiro atoms. The van der Waals surface area contributed by atoms with E-state index in [1.54, 1.807) is 6.07 Å². The van der Waals surface area contributed by atoms with Crippen LogP contribution in [0, 0.1) is 0 Å². The third kappa shape index (κ3) is 1.23. The van der Waals surface area contributed by atoms with Crippen molar-refractivity contribution >= 4 is 16.8 Å². The first-order valence-electron chi connectivity index (χ1n) is 5.26. The molecular formula is C12H12N2O2. The highest BCUT2D eigenvalue weighted by Gasteiger charge is 2.16. The molecule has 0 unspecified atom stereocenters. The molecule has 0 saturated heterocycles. The first kappa shape index (κ1) is 9.42. The number of nitrogens with two attached hydrogens (primary N) is 1. The predicted molar refractivity (Wildman–Crippen MR) is 60.1 cm³/mol. The quantitative estimate of drug-likeness (QED) is 0.780. The molecule has 1 aliphatic rings. The lowest BCUT2D eigenvalue weighted by Crippen LogP contribution is -2.15. The van der Waals surface area contributed by atoms with E-state index in [-0.39, 0.29) is 5.91 Å². The monoisotopic (exact) mass is 216 g/mol. The lowest BCUT2D eigenvalue weighted by Gasteiger charge is -2.16. The Morgan fingerprint density at radius 3 is 3.12 bits per heavy atom. The molecule has 1 aliphatic heterocycles. The zero-order chi connectivity index (χ0) is 11.1. The van der Waals surface area contributed by atoms with E-state index in [2.05, 4.69) is 4.57 Å². The number of rotatable bonds is 1. The maximum absolute atomic E-state index is 11.3. The number of amides is 1. The summed E-state index contributed by atoms with van der Waals surface area (Å²) in [7, 11) is 0. The van der Waals surface area contributed by atoms with Gasteiger partial charge in [-0.3, -0.25) is 4.79 Å². The Morgan fingerprint density at radius 1 is 1.44 bits per heavy atom. The highest BCUT2D eigenvalue weighted by atomic mass is 16.5. The van der Waals surface area contributed by atoms with E-state index in [0.717, 1.165) is 29.7 Å². The third-order valence-electron chi connectivity index (χ3n) is 3.01. The van der Waals surface area contributed by atoms with E-state index >= 15 is 0 Å². The van der Waals surface area contributed by atoms with Gasteiger partial charge < -0.3 is 15.0 Å². The molecule has 3 rings (SSSR count). The number of carbonyl (C=O) groups is 1. The smallest absolute Gasteiger partial charge is 0.249 e. The second kappa shape index (κ2) is 3.35. The molecular weight excluding hydrogens is 204 g/mol. The van der Waals surface area contributed by atoms with Crippen LogP contribution >= 0.6 is 0 Å². The van der Waals surface area contributed by atoms with Gasteiger partial charge in [-0.2, -0.15) is 0 Å². The standard InChI is InChI=1S/C12H12N2O2/c13-12(15)9-2-1-3-11-10(9)6-8-7-16-5-4-14(8)11/h1-3,6H,4-5,7H2,(H2,13,15). The zero-order valence-corrected chi connectivity index (χ0v) is 8.77. The number of nitrogens with zero attached hydrogens (tertiary/aromatic N) is 1. The Bertz CT molecular complexity index is 572. The van der Waals surface area contributed by atoms with E-state index in [4.69, 9.17) is 10.5 Å². The van der Waals surface area contributed by atoms with Crippen LogP contribution in [0.1, 0.15) is 16.1 Å². The molecule has 2 heterocycles. The normalized spacial score (nSPS) is 15.0. The van der Waals surface area contributed by atoms with Crippen molar-refractivity contribution in [2.45, 2.75) is 13.2 Å². The van der Waals surface area contributed by atoms with E-state index < -0.39 is 0 Å². The molecule has 2 aromatic rings. The Hall–Kier alpha value is -1.81. The van der Waals surface area contributed by atoms with Gasteiger partial charge in [0.1, 0.15) is 0 Å². The fourth-order valence-electron chi connectivity index (χ4n) is 2.27. The van der Waals surface area contributed by atoms with Crippen molar-refractivity contribution in [2.24, 2.45) is 5.73 Å². The topological polar surface area (TPSA) is 57.2 Å². The number of hydrogen-bond donors (Lipinski definition) is 1. The lowest BCUT2D eigenvalue weighted by molar-refractivity contribution is 0.0865. The van der Waals surface area contributed by atoms with Crippen LogP contribution in [0.3, 0.4) is 0 Å². The second-order valence-corrected chi connectivity index (χ2v) is 3.94. The van der Waals surface area contributed by atoms with Crippen LogP contribution in [0.15, 0.2) is 24.3 Å². The molecule has 0 fully saturated rings. The molecule has 1 aromatic heterocycles. The van der Waals surface area contributed by atoms with Crippen LogP contribution in [0.4, 0.5) is 0 Å². The third-order valence-corrected chi connectivity index (χ3v) is 3.01. The fraction of sp³-hybridized carbons (Fsp3) is 0.250. The van der Waals surface area contributed by atoms with Gasteiger partial charge in [0.05, 0.1) is 13.2 Å². The summed E-state index contributed by atoms with van der Waals surface area (Å²) in [5.74, 6) is -0.380. The van der Waals surface area contributed by atoms with E-state index in [0.29, 0.717) is 12.2 Å². The van der Waals surface area contributed by atoms with Gasteiger partial charge in [0, 0.05) is 28.7 Å². The molecule has 82 valence electrons. The predicted octanol–water partition coefficient (Wildman–Crippen LogP) is 1.27. The van der Waals surface area contributed by atoms with Gasteiger partial charge in [-0.1, -0.05) is 6.07 Å². The maximum Gasteiger partial charge on any atom is 0.249 e. The maximum atomic E-state index is 11.3. The zero-order valence-electron chi connectivity index (χ0n) is 8.77. The molecule has 0 bridgehead atoms. The first-order chi connectivity index (χ1) is 7.77. The Kier molecular flexibility index (Phi) is 1.97. The van der Waals surface area contributed by atoms with Crippen LogP contribution in [0.5, 0.6) is 0 Å². The highest BCUT2D eigenvalue weighted by Crippen LogP contribution is 2.25.